The lowest BCUT2D eigenvalue weighted by atomic mass is 10.1. The number of nitrogens with zero attached hydrogens (tertiary/aromatic N) is 2. The maximum atomic E-state index is 11.1. The molecule has 0 aromatic heterocycles. The van der Waals surface area contributed by atoms with Gasteiger partial charge in [0.05, 0.1) is 12.0 Å². The summed E-state index contributed by atoms with van der Waals surface area (Å²) in [4.78, 5) is 23.0. The first-order valence-electron chi connectivity index (χ1n) is 5.70. The molecule has 7 heteroatoms. The van der Waals surface area contributed by atoms with Crippen molar-refractivity contribution >= 4 is 17.3 Å². The van der Waals surface area contributed by atoms with Crippen molar-refractivity contribution in [2.45, 2.75) is 19.4 Å². The molecular weight excluding hydrogens is 252 g/mol. The molecule has 0 radical (unpaired) electrons. The molecule has 1 rings (SSSR count). The predicted octanol–water partition coefficient (Wildman–Crippen LogP) is 1.90. The van der Waals surface area contributed by atoms with E-state index in [9.17, 15) is 14.9 Å². The second-order valence-electron chi connectivity index (χ2n) is 3.98. The zero-order valence-corrected chi connectivity index (χ0v) is 11.0. The quantitative estimate of drug-likeness (QED) is 0.625. The molecule has 0 aliphatic rings. The standard InChI is InChI=1S/C12H16N2O5/c1-4-9(12(15)16)13(2)11-7-8(19-3)5-6-10(11)14(17)18/h5-7,9H,4H2,1-3H3,(H,15,16). The third kappa shape index (κ3) is 3.12. The van der Waals surface area contributed by atoms with E-state index in [1.54, 1.807) is 6.92 Å². The second-order valence-corrected chi connectivity index (χ2v) is 3.98. The van der Waals surface area contributed by atoms with Crippen molar-refractivity contribution in [3.63, 3.8) is 0 Å². The van der Waals surface area contributed by atoms with Crippen molar-refractivity contribution < 1.29 is 19.6 Å². The van der Waals surface area contributed by atoms with Crippen molar-refractivity contribution in [3.05, 3.63) is 28.3 Å². The third-order valence-corrected chi connectivity index (χ3v) is 2.90. The van der Waals surface area contributed by atoms with Gasteiger partial charge < -0.3 is 14.7 Å². The lowest BCUT2D eigenvalue weighted by molar-refractivity contribution is -0.384. The lowest BCUT2D eigenvalue weighted by Gasteiger charge is -2.25. The van der Waals surface area contributed by atoms with Crippen LogP contribution in [0.3, 0.4) is 0 Å². The van der Waals surface area contributed by atoms with Crippen molar-refractivity contribution in [1.29, 1.82) is 0 Å². The number of benzene rings is 1. The van der Waals surface area contributed by atoms with Gasteiger partial charge in [0, 0.05) is 19.2 Å². The Morgan fingerprint density at radius 2 is 2.21 bits per heavy atom. The number of nitro groups is 1. The second kappa shape index (κ2) is 6.03. The number of nitro benzene ring substituents is 1. The highest BCUT2D eigenvalue weighted by Crippen LogP contribution is 2.32. The van der Waals surface area contributed by atoms with E-state index in [4.69, 9.17) is 9.84 Å². The van der Waals surface area contributed by atoms with Gasteiger partial charge in [-0.1, -0.05) is 6.92 Å². The van der Waals surface area contributed by atoms with Crippen molar-refractivity contribution in [2.75, 3.05) is 19.1 Å². The Kier molecular flexibility index (Phi) is 4.68. The number of methoxy groups -OCH3 is 1. The summed E-state index contributed by atoms with van der Waals surface area (Å²) in [7, 11) is 2.96. The van der Waals surface area contributed by atoms with Crippen LogP contribution in [0.2, 0.25) is 0 Å². The molecule has 1 aromatic rings. The van der Waals surface area contributed by atoms with Crippen LogP contribution in [-0.4, -0.2) is 36.2 Å². The summed E-state index contributed by atoms with van der Waals surface area (Å²) >= 11 is 0. The number of carboxylic acids is 1. The first kappa shape index (κ1) is 14.7. The predicted molar refractivity (Wildman–Crippen MR) is 69.8 cm³/mol. The van der Waals surface area contributed by atoms with E-state index in [1.807, 2.05) is 0 Å². The number of carbonyl (C=O) groups is 1. The van der Waals surface area contributed by atoms with Gasteiger partial charge in [-0.05, 0) is 12.5 Å². The van der Waals surface area contributed by atoms with Gasteiger partial charge in [0.2, 0.25) is 0 Å². The van der Waals surface area contributed by atoms with Gasteiger partial charge in [-0.3, -0.25) is 10.1 Å². The van der Waals surface area contributed by atoms with Gasteiger partial charge in [0.25, 0.3) is 5.69 Å². The Hall–Kier alpha value is -2.31. The zero-order valence-electron chi connectivity index (χ0n) is 11.0. The Morgan fingerprint density at radius 1 is 1.58 bits per heavy atom. The smallest absolute Gasteiger partial charge is 0.326 e. The molecule has 0 saturated heterocycles. The number of hydrogen-bond donors (Lipinski definition) is 1. The van der Waals surface area contributed by atoms with Gasteiger partial charge in [-0.2, -0.15) is 0 Å². The molecule has 1 N–H and O–H groups in total. The average Bonchev–Trinajstić information content (AvgIpc) is 2.38. The monoisotopic (exact) mass is 268 g/mol. The molecule has 0 aliphatic carbocycles. The van der Waals surface area contributed by atoms with E-state index >= 15 is 0 Å². The third-order valence-electron chi connectivity index (χ3n) is 2.90. The summed E-state index contributed by atoms with van der Waals surface area (Å²) < 4.78 is 5.02. The molecule has 0 saturated carbocycles. The number of ether oxygens (including phenoxy) is 1. The molecule has 19 heavy (non-hydrogen) atoms. The fraction of sp³-hybridized carbons (Fsp3) is 0.417. The van der Waals surface area contributed by atoms with E-state index in [1.165, 1.54) is 37.3 Å². The minimum atomic E-state index is -1.03. The van der Waals surface area contributed by atoms with E-state index in [0.717, 1.165) is 0 Å². The first-order chi connectivity index (χ1) is 8.92. The molecule has 104 valence electrons. The first-order valence-corrected chi connectivity index (χ1v) is 5.70. The van der Waals surface area contributed by atoms with Crippen molar-refractivity contribution in [3.8, 4) is 5.75 Å². The SMILES string of the molecule is CCC(C(=O)O)N(C)c1cc(OC)ccc1[N+](=O)[O-]. The van der Waals surface area contributed by atoms with Crippen LogP contribution in [0.25, 0.3) is 0 Å². The van der Waals surface area contributed by atoms with Gasteiger partial charge in [-0.15, -0.1) is 0 Å². The number of rotatable bonds is 6. The highest BCUT2D eigenvalue weighted by molar-refractivity contribution is 5.80. The molecule has 0 fully saturated rings. The summed E-state index contributed by atoms with van der Waals surface area (Å²) in [6.45, 7) is 1.71. The molecule has 1 unspecified atom stereocenters. The molecule has 7 nitrogen and oxygen atoms in total. The summed E-state index contributed by atoms with van der Waals surface area (Å²) in [5, 5.41) is 20.1. The van der Waals surface area contributed by atoms with Crippen LogP contribution in [0.5, 0.6) is 5.75 Å². The van der Waals surface area contributed by atoms with Crippen LogP contribution in [0.1, 0.15) is 13.3 Å². The van der Waals surface area contributed by atoms with Crippen LogP contribution in [0.4, 0.5) is 11.4 Å². The summed E-state index contributed by atoms with van der Waals surface area (Å²) in [6, 6.07) is 3.41. The number of carboxylic acid groups (broad SMARTS) is 1. The Bertz CT molecular complexity index is 489. The number of anilines is 1. The largest absolute Gasteiger partial charge is 0.497 e. The lowest BCUT2D eigenvalue weighted by Crippen LogP contribution is -2.38. The summed E-state index contributed by atoms with van der Waals surface area (Å²) in [5.74, 6) is -0.588. The van der Waals surface area contributed by atoms with Crippen LogP contribution < -0.4 is 9.64 Å². The topological polar surface area (TPSA) is 92.9 Å². The van der Waals surface area contributed by atoms with Crippen LogP contribution in [0.15, 0.2) is 18.2 Å². The maximum absolute atomic E-state index is 11.1. The minimum absolute atomic E-state index is 0.150. The maximum Gasteiger partial charge on any atom is 0.326 e. The summed E-state index contributed by atoms with van der Waals surface area (Å²) in [5.41, 5.74) is 0.0709. The molecular formula is C12H16N2O5. The molecule has 0 heterocycles. The van der Waals surface area contributed by atoms with Gasteiger partial charge >= 0.3 is 5.97 Å². The Balaban J connectivity index is 3.29. The van der Waals surface area contributed by atoms with Gasteiger partial charge in [-0.25, -0.2) is 4.79 Å². The van der Waals surface area contributed by atoms with E-state index in [2.05, 4.69) is 0 Å². The fourth-order valence-electron chi connectivity index (χ4n) is 1.85. The van der Waals surface area contributed by atoms with E-state index in [0.29, 0.717) is 12.2 Å². The molecule has 0 spiro atoms. The zero-order chi connectivity index (χ0) is 14.6. The minimum Gasteiger partial charge on any atom is -0.497 e. The van der Waals surface area contributed by atoms with Crippen LogP contribution >= 0.6 is 0 Å². The Labute approximate surface area is 110 Å². The fourth-order valence-corrected chi connectivity index (χ4v) is 1.85. The van der Waals surface area contributed by atoms with Gasteiger partial charge in [0.1, 0.15) is 17.5 Å². The Morgan fingerprint density at radius 3 is 2.63 bits per heavy atom. The van der Waals surface area contributed by atoms with Crippen molar-refractivity contribution in [2.24, 2.45) is 0 Å². The molecule has 0 aliphatic heterocycles. The van der Waals surface area contributed by atoms with Crippen molar-refractivity contribution in [1.82, 2.24) is 0 Å². The molecule has 1 atom stereocenters. The number of aliphatic carboxylic acids is 1. The molecule has 0 amide bonds. The van der Waals surface area contributed by atoms with Gasteiger partial charge in [0.15, 0.2) is 0 Å². The number of hydrogen-bond acceptors (Lipinski definition) is 5. The molecule has 0 bridgehead atoms. The number of likely N-dealkylation sites (N-methyl/N-ethyl adjacent to an activating group) is 1. The van der Waals surface area contributed by atoms with E-state index in [-0.39, 0.29) is 11.4 Å². The highest BCUT2D eigenvalue weighted by atomic mass is 16.6. The molecule has 1 aromatic carbocycles. The van der Waals surface area contributed by atoms with Crippen LogP contribution in [0, 0.1) is 10.1 Å². The van der Waals surface area contributed by atoms with Crippen LogP contribution in [-0.2, 0) is 4.79 Å². The van der Waals surface area contributed by atoms with E-state index < -0.39 is 16.9 Å². The normalized spacial score (nSPS) is 11.7. The summed E-state index contributed by atoms with van der Waals surface area (Å²) in [6.07, 6.45) is 0.334. The average molecular weight is 268 g/mol. The highest BCUT2D eigenvalue weighted by Gasteiger charge is 2.26.